The van der Waals surface area contributed by atoms with Crippen molar-refractivity contribution in [3.05, 3.63) is 52.0 Å². The SMILES string of the molecule is CC(C)(C)C(NC(=O)Nc1ccc(F)c(F)c1F)c1cccs1. The average Bonchev–Trinajstić information content (AvgIpc) is 2.98. The van der Waals surface area contributed by atoms with Gasteiger partial charge >= 0.3 is 6.03 Å². The summed E-state index contributed by atoms with van der Waals surface area (Å²) in [5.41, 5.74) is -0.699. The second-order valence-electron chi connectivity index (χ2n) is 6.14. The fraction of sp³-hybridized carbons (Fsp3) is 0.312. The molecule has 23 heavy (non-hydrogen) atoms. The molecule has 0 fully saturated rings. The van der Waals surface area contributed by atoms with Gasteiger partial charge in [-0.2, -0.15) is 0 Å². The molecule has 1 aromatic heterocycles. The summed E-state index contributed by atoms with van der Waals surface area (Å²) in [5.74, 6) is -4.35. The van der Waals surface area contributed by atoms with Crippen LogP contribution in [0.25, 0.3) is 0 Å². The lowest BCUT2D eigenvalue weighted by Crippen LogP contribution is -2.38. The predicted octanol–water partition coefficient (Wildman–Crippen LogP) is 5.07. The summed E-state index contributed by atoms with van der Waals surface area (Å²) in [5, 5.41) is 6.85. The van der Waals surface area contributed by atoms with Crippen LogP contribution in [-0.2, 0) is 0 Å². The number of halogens is 3. The Morgan fingerprint density at radius 1 is 1.13 bits per heavy atom. The van der Waals surface area contributed by atoms with Gasteiger partial charge in [0, 0.05) is 4.88 Å². The maximum absolute atomic E-state index is 13.6. The number of thiophene rings is 1. The highest BCUT2D eigenvalue weighted by Crippen LogP contribution is 2.35. The first-order chi connectivity index (χ1) is 10.7. The second kappa shape index (κ2) is 6.62. The number of rotatable bonds is 3. The van der Waals surface area contributed by atoms with E-state index in [1.165, 1.54) is 11.3 Å². The maximum atomic E-state index is 13.6. The highest BCUT2D eigenvalue weighted by Gasteiger charge is 2.29. The van der Waals surface area contributed by atoms with Crippen molar-refractivity contribution in [1.29, 1.82) is 0 Å². The topological polar surface area (TPSA) is 41.1 Å². The summed E-state index contributed by atoms with van der Waals surface area (Å²) in [6, 6.07) is 4.49. The number of carbonyl (C=O) groups excluding carboxylic acids is 1. The highest BCUT2D eigenvalue weighted by molar-refractivity contribution is 7.10. The Balaban J connectivity index is 2.16. The first-order valence-corrected chi connectivity index (χ1v) is 7.82. The third-order valence-corrected chi connectivity index (χ3v) is 4.19. The zero-order chi connectivity index (χ0) is 17.2. The van der Waals surface area contributed by atoms with Gasteiger partial charge in [-0.05, 0) is 29.0 Å². The Bertz CT molecular complexity index is 696. The van der Waals surface area contributed by atoms with E-state index in [0.29, 0.717) is 0 Å². The van der Waals surface area contributed by atoms with Crippen LogP contribution in [0.1, 0.15) is 31.7 Å². The van der Waals surface area contributed by atoms with Crippen LogP contribution in [0.4, 0.5) is 23.7 Å². The van der Waals surface area contributed by atoms with E-state index in [4.69, 9.17) is 0 Å². The molecule has 0 aliphatic carbocycles. The molecule has 7 heteroatoms. The van der Waals surface area contributed by atoms with Gasteiger partial charge < -0.3 is 10.6 Å². The summed E-state index contributed by atoms with van der Waals surface area (Å²) in [4.78, 5) is 13.1. The quantitative estimate of drug-likeness (QED) is 0.751. The fourth-order valence-electron chi connectivity index (χ4n) is 2.08. The number of benzene rings is 1. The van der Waals surface area contributed by atoms with E-state index in [9.17, 15) is 18.0 Å². The van der Waals surface area contributed by atoms with Crippen LogP contribution in [0.3, 0.4) is 0 Å². The zero-order valence-corrected chi connectivity index (χ0v) is 13.7. The molecule has 2 amide bonds. The molecule has 1 heterocycles. The van der Waals surface area contributed by atoms with Crippen molar-refractivity contribution < 1.29 is 18.0 Å². The summed E-state index contributed by atoms with van der Waals surface area (Å²) < 4.78 is 39.7. The van der Waals surface area contributed by atoms with Gasteiger partial charge in [0.15, 0.2) is 17.5 Å². The monoisotopic (exact) mass is 342 g/mol. The van der Waals surface area contributed by atoms with Crippen LogP contribution in [0.15, 0.2) is 29.6 Å². The van der Waals surface area contributed by atoms with E-state index < -0.39 is 29.2 Å². The maximum Gasteiger partial charge on any atom is 0.319 e. The molecule has 0 aliphatic heterocycles. The molecule has 0 saturated heterocycles. The van der Waals surface area contributed by atoms with E-state index in [1.807, 2.05) is 38.3 Å². The Kier molecular flexibility index (Phi) is 4.99. The number of carbonyl (C=O) groups is 1. The van der Waals surface area contributed by atoms with Crippen molar-refractivity contribution in [3.8, 4) is 0 Å². The fourth-order valence-corrected chi connectivity index (χ4v) is 3.10. The molecule has 2 aromatic rings. The van der Waals surface area contributed by atoms with Crippen molar-refractivity contribution in [2.45, 2.75) is 26.8 Å². The van der Waals surface area contributed by atoms with Crippen LogP contribution in [-0.4, -0.2) is 6.03 Å². The number of urea groups is 1. The van der Waals surface area contributed by atoms with Gasteiger partial charge in [-0.25, -0.2) is 18.0 Å². The largest absolute Gasteiger partial charge is 0.330 e. The van der Waals surface area contributed by atoms with Crippen LogP contribution in [0.5, 0.6) is 0 Å². The Morgan fingerprint density at radius 3 is 2.39 bits per heavy atom. The molecule has 3 nitrogen and oxygen atoms in total. The highest BCUT2D eigenvalue weighted by atomic mass is 32.1. The van der Waals surface area contributed by atoms with Crippen molar-refractivity contribution >= 4 is 23.1 Å². The Labute approximate surface area is 136 Å². The van der Waals surface area contributed by atoms with E-state index in [2.05, 4.69) is 10.6 Å². The Morgan fingerprint density at radius 2 is 1.83 bits per heavy atom. The van der Waals surface area contributed by atoms with E-state index >= 15 is 0 Å². The number of anilines is 1. The third kappa shape index (κ3) is 4.04. The third-order valence-electron chi connectivity index (χ3n) is 3.25. The first kappa shape index (κ1) is 17.3. The van der Waals surface area contributed by atoms with Crippen LogP contribution >= 0.6 is 11.3 Å². The minimum atomic E-state index is -1.62. The predicted molar refractivity (Wildman–Crippen MR) is 85.0 cm³/mol. The lowest BCUT2D eigenvalue weighted by Gasteiger charge is -2.30. The molecule has 2 N–H and O–H groups in total. The van der Waals surface area contributed by atoms with E-state index in [1.54, 1.807) is 0 Å². The van der Waals surface area contributed by atoms with Crippen LogP contribution in [0.2, 0.25) is 0 Å². The van der Waals surface area contributed by atoms with Gasteiger partial charge in [-0.1, -0.05) is 26.8 Å². The smallest absolute Gasteiger partial charge is 0.319 e. The zero-order valence-electron chi connectivity index (χ0n) is 12.9. The number of hydrogen-bond acceptors (Lipinski definition) is 2. The number of hydrogen-bond donors (Lipinski definition) is 2. The molecule has 1 aromatic carbocycles. The molecule has 0 spiro atoms. The molecule has 1 atom stereocenters. The molecule has 124 valence electrons. The Hall–Kier alpha value is -2.02. The molecule has 2 rings (SSSR count). The van der Waals surface area contributed by atoms with Gasteiger partial charge in [0.1, 0.15) is 0 Å². The summed E-state index contributed by atoms with van der Waals surface area (Å²) in [6.07, 6.45) is 0. The molecule has 0 aliphatic rings. The lowest BCUT2D eigenvalue weighted by molar-refractivity contribution is 0.230. The normalized spacial score (nSPS) is 12.8. The summed E-state index contributed by atoms with van der Waals surface area (Å²) >= 11 is 1.49. The van der Waals surface area contributed by atoms with Crippen molar-refractivity contribution in [1.82, 2.24) is 5.32 Å². The lowest BCUT2D eigenvalue weighted by atomic mass is 9.86. The minimum Gasteiger partial charge on any atom is -0.330 e. The molecule has 0 radical (unpaired) electrons. The molecular formula is C16H17F3N2OS. The van der Waals surface area contributed by atoms with Crippen molar-refractivity contribution in [3.63, 3.8) is 0 Å². The van der Waals surface area contributed by atoms with Gasteiger partial charge in [-0.3, -0.25) is 0 Å². The van der Waals surface area contributed by atoms with Crippen molar-refractivity contribution in [2.24, 2.45) is 5.41 Å². The first-order valence-electron chi connectivity index (χ1n) is 6.94. The molecule has 0 bridgehead atoms. The van der Waals surface area contributed by atoms with Gasteiger partial charge in [-0.15, -0.1) is 11.3 Å². The standard InChI is InChI=1S/C16H17F3N2OS/c1-16(2,3)14(11-5-4-8-23-11)21-15(22)20-10-7-6-9(17)12(18)13(10)19/h4-8,14H,1-3H3,(H2,20,21,22). The molecule has 0 saturated carbocycles. The van der Waals surface area contributed by atoms with E-state index in [0.717, 1.165) is 17.0 Å². The molecule has 1 unspecified atom stereocenters. The average molecular weight is 342 g/mol. The van der Waals surface area contributed by atoms with Crippen LogP contribution in [0, 0.1) is 22.9 Å². The van der Waals surface area contributed by atoms with Gasteiger partial charge in [0.25, 0.3) is 0 Å². The minimum absolute atomic E-state index is 0.283. The number of nitrogens with one attached hydrogen (secondary N) is 2. The molecular weight excluding hydrogens is 325 g/mol. The van der Waals surface area contributed by atoms with Crippen LogP contribution < -0.4 is 10.6 Å². The summed E-state index contributed by atoms with van der Waals surface area (Å²) in [7, 11) is 0. The van der Waals surface area contributed by atoms with Gasteiger partial charge in [0.05, 0.1) is 11.7 Å². The number of amides is 2. The summed E-state index contributed by atoms with van der Waals surface area (Å²) in [6.45, 7) is 5.86. The van der Waals surface area contributed by atoms with Crippen molar-refractivity contribution in [2.75, 3.05) is 5.32 Å². The van der Waals surface area contributed by atoms with E-state index in [-0.39, 0.29) is 11.5 Å². The van der Waals surface area contributed by atoms with Gasteiger partial charge in [0.2, 0.25) is 0 Å². The second-order valence-corrected chi connectivity index (χ2v) is 7.12.